The number of nitrogens with one attached hydrogen (secondary N) is 1. The molecule has 0 spiro atoms. The number of rotatable bonds is 3. The Hall–Kier alpha value is -1.17. The number of nitrogens with zero attached hydrogens (tertiary/aromatic N) is 3. The summed E-state index contributed by atoms with van der Waals surface area (Å²) in [5.74, 6) is 0.446. The maximum Gasteiger partial charge on any atom is 0.223 e. The van der Waals surface area contributed by atoms with E-state index in [1.54, 1.807) is 11.3 Å². The second-order valence-electron chi connectivity index (χ2n) is 5.15. The van der Waals surface area contributed by atoms with Crippen LogP contribution in [0.5, 0.6) is 0 Å². The lowest BCUT2D eigenvalue weighted by molar-refractivity contribution is -0.125. The van der Waals surface area contributed by atoms with Gasteiger partial charge in [0, 0.05) is 25.0 Å². The molecule has 0 unspecified atom stereocenters. The minimum atomic E-state index is 0.191. The molecule has 0 bridgehead atoms. The van der Waals surface area contributed by atoms with E-state index in [0.29, 0.717) is 6.04 Å². The fourth-order valence-corrected chi connectivity index (χ4v) is 3.03. The summed E-state index contributed by atoms with van der Waals surface area (Å²) in [6, 6.07) is 0.473. The molecule has 1 saturated carbocycles. The summed E-state index contributed by atoms with van der Waals surface area (Å²) in [5, 5.41) is 13.3. The van der Waals surface area contributed by atoms with Crippen molar-refractivity contribution in [2.24, 2.45) is 5.92 Å². The Labute approximate surface area is 111 Å². The molecule has 3 rings (SSSR count). The van der Waals surface area contributed by atoms with Gasteiger partial charge in [-0.1, -0.05) is 11.3 Å². The highest BCUT2D eigenvalue weighted by molar-refractivity contribution is 7.15. The highest BCUT2D eigenvalue weighted by Gasteiger charge is 2.30. The standard InChI is InChI=1S/C12H18N4OS/c1-8-14-15-12(18-8)16-6-4-9(5-7-16)11(17)13-10-2-3-10/h9-10H,2-7H2,1H3,(H,13,17). The molecule has 1 aromatic heterocycles. The molecule has 2 aliphatic rings. The summed E-state index contributed by atoms with van der Waals surface area (Å²) in [6.07, 6.45) is 4.18. The molecule has 0 atom stereocenters. The van der Waals surface area contributed by atoms with Gasteiger partial charge >= 0.3 is 0 Å². The SMILES string of the molecule is Cc1nnc(N2CCC(C(=O)NC3CC3)CC2)s1. The van der Waals surface area contributed by atoms with Crippen LogP contribution in [0.15, 0.2) is 0 Å². The monoisotopic (exact) mass is 266 g/mol. The van der Waals surface area contributed by atoms with Gasteiger partial charge in [-0.05, 0) is 32.6 Å². The Balaban J connectivity index is 1.52. The fraction of sp³-hybridized carbons (Fsp3) is 0.750. The lowest BCUT2D eigenvalue weighted by atomic mass is 9.96. The zero-order valence-electron chi connectivity index (χ0n) is 10.6. The molecule has 0 aromatic carbocycles. The average Bonchev–Trinajstić information content (AvgIpc) is 3.09. The van der Waals surface area contributed by atoms with Gasteiger partial charge in [0.2, 0.25) is 11.0 Å². The van der Waals surface area contributed by atoms with Gasteiger partial charge in [0.05, 0.1) is 0 Å². The number of piperidine rings is 1. The number of aromatic nitrogens is 2. The normalized spacial score (nSPS) is 21.1. The second kappa shape index (κ2) is 4.84. The summed E-state index contributed by atoms with van der Waals surface area (Å²) in [4.78, 5) is 14.2. The molecule has 1 amide bonds. The number of anilines is 1. The van der Waals surface area contributed by atoms with Crippen LogP contribution >= 0.6 is 11.3 Å². The van der Waals surface area contributed by atoms with Crippen molar-refractivity contribution in [3.8, 4) is 0 Å². The highest BCUT2D eigenvalue weighted by atomic mass is 32.1. The third kappa shape index (κ3) is 2.63. The highest BCUT2D eigenvalue weighted by Crippen LogP contribution is 2.27. The summed E-state index contributed by atoms with van der Waals surface area (Å²) >= 11 is 1.63. The molecular formula is C12H18N4OS. The molecule has 1 aromatic rings. The Morgan fingerprint density at radius 2 is 2.00 bits per heavy atom. The molecule has 2 heterocycles. The van der Waals surface area contributed by atoms with Gasteiger partial charge in [-0.25, -0.2) is 0 Å². The van der Waals surface area contributed by atoms with Crippen LogP contribution in [0.1, 0.15) is 30.7 Å². The van der Waals surface area contributed by atoms with Crippen LogP contribution in [0.25, 0.3) is 0 Å². The first-order valence-corrected chi connectivity index (χ1v) is 7.39. The Morgan fingerprint density at radius 3 is 2.56 bits per heavy atom. The van der Waals surface area contributed by atoms with Crippen molar-refractivity contribution in [3.05, 3.63) is 5.01 Å². The Kier molecular flexibility index (Phi) is 3.20. The largest absolute Gasteiger partial charge is 0.353 e. The van der Waals surface area contributed by atoms with Gasteiger partial charge < -0.3 is 10.2 Å². The average molecular weight is 266 g/mol. The lowest BCUT2D eigenvalue weighted by Gasteiger charge is -2.30. The van der Waals surface area contributed by atoms with E-state index in [9.17, 15) is 4.79 Å². The first kappa shape index (κ1) is 11.9. The third-order valence-electron chi connectivity index (χ3n) is 3.58. The van der Waals surface area contributed by atoms with Gasteiger partial charge in [0.1, 0.15) is 5.01 Å². The van der Waals surface area contributed by atoms with Crippen LogP contribution in [0.2, 0.25) is 0 Å². The molecule has 1 aliphatic carbocycles. The molecule has 98 valence electrons. The van der Waals surface area contributed by atoms with Crippen LogP contribution in [0.3, 0.4) is 0 Å². The van der Waals surface area contributed by atoms with Crippen molar-refractivity contribution in [3.63, 3.8) is 0 Å². The van der Waals surface area contributed by atoms with E-state index in [4.69, 9.17) is 0 Å². The first-order valence-electron chi connectivity index (χ1n) is 6.58. The van der Waals surface area contributed by atoms with Crippen molar-refractivity contribution >= 4 is 22.4 Å². The molecule has 2 fully saturated rings. The van der Waals surface area contributed by atoms with Crippen molar-refractivity contribution in [1.29, 1.82) is 0 Å². The second-order valence-corrected chi connectivity index (χ2v) is 6.31. The number of carbonyl (C=O) groups excluding carboxylic acids is 1. The zero-order valence-corrected chi connectivity index (χ0v) is 11.4. The molecular weight excluding hydrogens is 248 g/mol. The predicted octanol–water partition coefficient (Wildman–Crippen LogP) is 1.34. The smallest absolute Gasteiger partial charge is 0.223 e. The third-order valence-corrected chi connectivity index (χ3v) is 4.47. The van der Waals surface area contributed by atoms with Gasteiger partial charge in [-0.15, -0.1) is 10.2 Å². The molecule has 5 nitrogen and oxygen atoms in total. The number of carbonyl (C=O) groups is 1. The molecule has 1 aliphatic heterocycles. The first-order chi connectivity index (χ1) is 8.72. The van der Waals surface area contributed by atoms with E-state index >= 15 is 0 Å². The van der Waals surface area contributed by atoms with Crippen LogP contribution in [0.4, 0.5) is 5.13 Å². The molecule has 18 heavy (non-hydrogen) atoms. The number of hydrogen-bond acceptors (Lipinski definition) is 5. The van der Waals surface area contributed by atoms with Crippen LogP contribution in [0, 0.1) is 12.8 Å². The number of amides is 1. The minimum Gasteiger partial charge on any atom is -0.353 e. The van der Waals surface area contributed by atoms with E-state index in [1.165, 1.54) is 0 Å². The zero-order chi connectivity index (χ0) is 12.5. The van der Waals surface area contributed by atoms with Crippen LogP contribution < -0.4 is 10.2 Å². The summed E-state index contributed by atoms with van der Waals surface area (Å²) in [7, 11) is 0. The van der Waals surface area contributed by atoms with Crippen LogP contribution in [-0.2, 0) is 4.79 Å². The Bertz CT molecular complexity index is 435. The summed E-state index contributed by atoms with van der Waals surface area (Å²) < 4.78 is 0. The van der Waals surface area contributed by atoms with Crippen molar-refractivity contribution in [2.45, 2.75) is 38.6 Å². The van der Waals surface area contributed by atoms with Crippen molar-refractivity contribution in [2.75, 3.05) is 18.0 Å². The van der Waals surface area contributed by atoms with Crippen molar-refractivity contribution in [1.82, 2.24) is 15.5 Å². The quantitative estimate of drug-likeness (QED) is 0.897. The summed E-state index contributed by atoms with van der Waals surface area (Å²) in [6.45, 7) is 3.80. The number of aryl methyl sites for hydroxylation is 1. The van der Waals surface area contributed by atoms with Crippen LogP contribution in [-0.4, -0.2) is 35.2 Å². The Morgan fingerprint density at radius 1 is 1.28 bits per heavy atom. The molecule has 0 radical (unpaired) electrons. The molecule has 1 saturated heterocycles. The van der Waals surface area contributed by atoms with Crippen molar-refractivity contribution < 1.29 is 4.79 Å². The summed E-state index contributed by atoms with van der Waals surface area (Å²) in [5.41, 5.74) is 0. The van der Waals surface area contributed by atoms with Gasteiger partial charge in [0.15, 0.2) is 0 Å². The van der Waals surface area contributed by atoms with E-state index in [1.807, 2.05) is 6.92 Å². The lowest BCUT2D eigenvalue weighted by Crippen LogP contribution is -2.41. The number of hydrogen-bond donors (Lipinski definition) is 1. The predicted molar refractivity (Wildman–Crippen MR) is 70.7 cm³/mol. The minimum absolute atomic E-state index is 0.191. The topological polar surface area (TPSA) is 58.1 Å². The van der Waals surface area contributed by atoms with E-state index in [-0.39, 0.29) is 11.8 Å². The van der Waals surface area contributed by atoms with Gasteiger partial charge in [-0.3, -0.25) is 4.79 Å². The molecule has 1 N–H and O–H groups in total. The van der Waals surface area contributed by atoms with Gasteiger partial charge in [-0.2, -0.15) is 0 Å². The maximum atomic E-state index is 11.9. The maximum absolute atomic E-state index is 11.9. The van der Waals surface area contributed by atoms with E-state index in [0.717, 1.165) is 48.9 Å². The fourth-order valence-electron chi connectivity index (χ4n) is 2.29. The van der Waals surface area contributed by atoms with E-state index < -0.39 is 0 Å². The van der Waals surface area contributed by atoms with Gasteiger partial charge in [0.25, 0.3) is 0 Å². The van der Waals surface area contributed by atoms with E-state index in [2.05, 4.69) is 20.4 Å². The molecule has 6 heteroatoms.